The summed E-state index contributed by atoms with van der Waals surface area (Å²) in [5.74, 6) is 6.17. The fourth-order valence-electron chi connectivity index (χ4n) is 2.11. The van der Waals surface area contributed by atoms with Gasteiger partial charge in [0, 0.05) is 25.6 Å². The van der Waals surface area contributed by atoms with Crippen LogP contribution in [0.15, 0.2) is 23.1 Å². The molecule has 1 aromatic carbocycles. The minimum Gasteiger partial charge on any atom is -0.395 e. The third kappa shape index (κ3) is 4.07. The first-order chi connectivity index (χ1) is 9.95. The average molecular weight is 307 g/mol. The number of aryl methyl sites for hydroxylation is 1. The number of hydrogen-bond donors (Lipinski definition) is 1. The second-order valence-electron chi connectivity index (χ2n) is 5.50. The Morgan fingerprint density at radius 1 is 1.38 bits per heavy atom. The van der Waals surface area contributed by atoms with Crippen LogP contribution in [0, 0.1) is 24.7 Å². The zero-order valence-corrected chi connectivity index (χ0v) is 13.3. The van der Waals surface area contributed by atoms with Crippen LogP contribution in [-0.4, -0.2) is 38.0 Å². The lowest BCUT2D eigenvalue weighted by Gasteiger charge is -2.18. The summed E-state index contributed by atoms with van der Waals surface area (Å²) in [6.07, 6.45) is 2.55. The first-order valence-electron chi connectivity index (χ1n) is 7.12. The fraction of sp³-hybridized carbons (Fsp3) is 0.500. The molecule has 0 aliphatic heterocycles. The van der Waals surface area contributed by atoms with E-state index < -0.39 is 10.0 Å². The molecule has 0 atom stereocenters. The molecule has 1 N–H and O–H groups in total. The van der Waals surface area contributed by atoms with Crippen LogP contribution in [0.4, 0.5) is 0 Å². The fourth-order valence-corrected chi connectivity index (χ4v) is 3.48. The normalized spacial score (nSPS) is 14.9. The van der Waals surface area contributed by atoms with Gasteiger partial charge in [0.25, 0.3) is 0 Å². The molecule has 1 fully saturated rings. The second-order valence-corrected chi connectivity index (χ2v) is 7.52. The minimum absolute atomic E-state index is 0.0253. The molecule has 0 spiro atoms. The van der Waals surface area contributed by atoms with Gasteiger partial charge < -0.3 is 5.11 Å². The maximum absolute atomic E-state index is 12.7. The lowest BCUT2D eigenvalue weighted by molar-refractivity contribution is 0.305. The third-order valence-corrected chi connectivity index (χ3v) is 5.38. The highest BCUT2D eigenvalue weighted by molar-refractivity contribution is 7.89. The molecule has 0 amide bonds. The Labute approximate surface area is 126 Å². The Hall–Kier alpha value is -1.35. The number of rotatable bonds is 5. The summed E-state index contributed by atoms with van der Waals surface area (Å²) >= 11 is 0. The van der Waals surface area contributed by atoms with Crippen LogP contribution in [0.3, 0.4) is 0 Å². The SMILES string of the molecule is Cc1ccc(S(=O)(=O)N(C)CC2CC2)c(C#CCCO)c1. The van der Waals surface area contributed by atoms with E-state index >= 15 is 0 Å². The monoisotopic (exact) mass is 307 g/mol. The highest BCUT2D eigenvalue weighted by Crippen LogP contribution is 2.31. The summed E-state index contributed by atoms with van der Waals surface area (Å²) in [6, 6.07) is 5.19. The third-order valence-electron chi connectivity index (χ3n) is 3.50. The van der Waals surface area contributed by atoms with E-state index in [2.05, 4.69) is 11.8 Å². The van der Waals surface area contributed by atoms with E-state index in [1.54, 1.807) is 25.2 Å². The van der Waals surface area contributed by atoms with Crippen molar-refractivity contribution in [2.75, 3.05) is 20.2 Å². The van der Waals surface area contributed by atoms with Gasteiger partial charge in [0.15, 0.2) is 0 Å². The van der Waals surface area contributed by atoms with Crippen LogP contribution in [0.1, 0.15) is 30.4 Å². The average Bonchev–Trinajstić information content (AvgIpc) is 3.22. The predicted octanol–water partition coefficient (Wildman–Crippen LogP) is 1.76. The van der Waals surface area contributed by atoms with Gasteiger partial charge in [-0.25, -0.2) is 12.7 Å². The first kappa shape index (κ1) is 16.0. The van der Waals surface area contributed by atoms with Crippen molar-refractivity contribution in [2.45, 2.75) is 31.1 Å². The largest absolute Gasteiger partial charge is 0.395 e. The Balaban J connectivity index is 2.35. The standard InChI is InChI=1S/C16H21NO3S/c1-13-6-9-16(15(11-13)5-3-4-10-18)21(19,20)17(2)12-14-7-8-14/h6,9,11,14,18H,4,7-8,10,12H2,1-2H3. The van der Waals surface area contributed by atoms with E-state index in [9.17, 15) is 8.42 Å². The van der Waals surface area contributed by atoms with Gasteiger partial charge in [-0.2, -0.15) is 0 Å². The van der Waals surface area contributed by atoms with Crippen LogP contribution in [0.25, 0.3) is 0 Å². The van der Waals surface area contributed by atoms with Crippen molar-refractivity contribution >= 4 is 10.0 Å². The van der Waals surface area contributed by atoms with Crippen molar-refractivity contribution in [3.63, 3.8) is 0 Å². The van der Waals surface area contributed by atoms with Crippen molar-refractivity contribution in [3.8, 4) is 11.8 Å². The zero-order valence-electron chi connectivity index (χ0n) is 12.5. The van der Waals surface area contributed by atoms with E-state index in [0.29, 0.717) is 24.4 Å². The molecule has 0 unspecified atom stereocenters. The lowest BCUT2D eigenvalue weighted by Crippen LogP contribution is -2.29. The first-order valence-corrected chi connectivity index (χ1v) is 8.56. The summed E-state index contributed by atoms with van der Waals surface area (Å²) in [4.78, 5) is 0.252. The molecular weight excluding hydrogens is 286 g/mol. The molecule has 1 aromatic rings. The Morgan fingerprint density at radius 2 is 2.10 bits per heavy atom. The molecule has 1 aliphatic carbocycles. The van der Waals surface area contributed by atoms with Crippen molar-refractivity contribution in [3.05, 3.63) is 29.3 Å². The van der Waals surface area contributed by atoms with Crippen molar-refractivity contribution in [2.24, 2.45) is 5.92 Å². The number of aliphatic hydroxyl groups excluding tert-OH is 1. The Kier molecular flexibility index (Phi) is 5.04. The van der Waals surface area contributed by atoms with Gasteiger partial charge >= 0.3 is 0 Å². The van der Waals surface area contributed by atoms with E-state index in [-0.39, 0.29) is 11.5 Å². The van der Waals surface area contributed by atoms with Crippen molar-refractivity contribution < 1.29 is 13.5 Å². The summed E-state index contributed by atoms with van der Waals surface area (Å²) < 4.78 is 26.8. The van der Waals surface area contributed by atoms with Gasteiger partial charge in [-0.05, 0) is 43.4 Å². The molecular formula is C16H21NO3S. The molecule has 0 saturated heterocycles. The summed E-state index contributed by atoms with van der Waals surface area (Å²) in [5.41, 5.74) is 1.47. The number of nitrogens with zero attached hydrogens (tertiary/aromatic N) is 1. The van der Waals surface area contributed by atoms with Crippen LogP contribution >= 0.6 is 0 Å². The smallest absolute Gasteiger partial charge is 0.244 e. The molecule has 1 aliphatic rings. The van der Waals surface area contributed by atoms with Crippen molar-refractivity contribution in [1.29, 1.82) is 0 Å². The van der Waals surface area contributed by atoms with Gasteiger partial charge in [0.1, 0.15) is 0 Å². The summed E-state index contributed by atoms with van der Waals surface area (Å²) in [7, 11) is -1.89. The molecule has 21 heavy (non-hydrogen) atoms. The topological polar surface area (TPSA) is 57.6 Å². The highest BCUT2D eigenvalue weighted by Gasteiger charge is 2.30. The molecule has 2 rings (SSSR count). The molecule has 114 valence electrons. The predicted molar refractivity (Wildman–Crippen MR) is 82.3 cm³/mol. The van der Waals surface area contributed by atoms with Gasteiger partial charge in [0.05, 0.1) is 11.5 Å². The number of sulfonamides is 1. The second kappa shape index (κ2) is 6.61. The maximum Gasteiger partial charge on any atom is 0.244 e. The molecule has 4 nitrogen and oxygen atoms in total. The number of benzene rings is 1. The Bertz CT molecular complexity index is 666. The van der Waals surface area contributed by atoms with E-state index in [4.69, 9.17) is 5.11 Å². The lowest BCUT2D eigenvalue weighted by atomic mass is 10.1. The summed E-state index contributed by atoms with van der Waals surface area (Å²) in [6.45, 7) is 2.45. The van der Waals surface area contributed by atoms with E-state index in [0.717, 1.165) is 18.4 Å². The van der Waals surface area contributed by atoms with Crippen molar-refractivity contribution in [1.82, 2.24) is 4.31 Å². The van der Waals surface area contributed by atoms with Crippen LogP contribution in [0.5, 0.6) is 0 Å². The van der Waals surface area contributed by atoms with Gasteiger partial charge in [-0.15, -0.1) is 0 Å². The number of aliphatic hydroxyl groups is 1. The van der Waals surface area contributed by atoms with Gasteiger partial charge in [-0.3, -0.25) is 0 Å². The van der Waals surface area contributed by atoms with E-state index in [1.807, 2.05) is 6.92 Å². The van der Waals surface area contributed by atoms with Gasteiger partial charge in [0.2, 0.25) is 10.0 Å². The van der Waals surface area contributed by atoms with Gasteiger partial charge in [-0.1, -0.05) is 17.9 Å². The minimum atomic E-state index is -3.51. The quantitative estimate of drug-likeness (QED) is 0.843. The van der Waals surface area contributed by atoms with Crippen LogP contribution < -0.4 is 0 Å². The summed E-state index contributed by atoms with van der Waals surface area (Å²) in [5, 5.41) is 8.79. The van der Waals surface area contributed by atoms with Crippen LogP contribution in [-0.2, 0) is 10.0 Å². The zero-order chi connectivity index (χ0) is 15.5. The maximum atomic E-state index is 12.7. The molecule has 0 heterocycles. The molecule has 0 aromatic heterocycles. The molecule has 0 bridgehead atoms. The highest BCUT2D eigenvalue weighted by atomic mass is 32.2. The molecule has 5 heteroatoms. The Morgan fingerprint density at radius 3 is 2.71 bits per heavy atom. The van der Waals surface area contributed by atoms with Crippen LogP contribution in [0.2, 0.25) is 0 Å². The molecule has 1 saturated carbocycles. The molecule has 0 radical (unpaired) electrons. The number of hydrogen-bond acceptors (Lipinski definition) is 3. The van der Waals surface area contributed by atoms with E-state index in [1.165, 1.54) is 4.31 Å².